The highest BCUT2D eigenvalue weighted by molar-refractivity contribution is 7.12. The number of ether oxygens (including phenoxy) is 1. The van der Waals surface area contributed by atoms with Crippen LogP contribution in [0, 0.1) is 0 Å². The molecule has 0 bridgehead atoms. The van der Waals surface area contributed by atoms with Gasteiger partial charge in [0.15, 0.2) is 0 Å². The summed E-state index contributed by atoms with van der Waals surface area (Å²) < 4.78 is 81.6. The van der Waals surface area contributed by atoms with Gasteiger partial charge in [-0.25, -0.2) is 9.69 Å². The second-order valence-corrected chi connectivity index (χ2v) is 6.74. The number of hydrogen-bond acceptors (Lipinski definition) is 5. The summed E-state index contributed by atoms with van der Waals surface area (Å²) in [6.45, 7) is 0. The van der Waals surface area contributed by atoms with Crippen molar-refractivity contribution in [1.82, 2.24) is 10.6 Å². The number of benzene rings is 1. The van der Waals surface area contributed by atoms with Crippen LogP contribution in [-0.2, 0) is 4.79 Å². The lowest BCUT2D eigenvalue weighted by Crippen LogP contribution is -2.69. The van der Waals surface area contributed by atoms with Crippen molar-refractivity contribution < 1.29 is 45.5 Å². The van der Waals surface area contributed by atoms with Gasteiger partial charge in [-0.1, -0.05) is 6.07 Å². The Morgan fingerprint density at radius 3 is 2.20 bits per heavy atom. The molecule has 160 valence electrons. The van der Waals surface area contributed by atoms with Crippen LogP contribution in [0.25, 0.3) is 0 Å². The molecule has 30 heavy (non-hydrogen) atoms. The Balaban J connectivity index is 1.92. The molecule has 0 unspecified atom stereocenters. The van der Waals surface area contributed by atoms with Crippen molar-refractivity contribution in [2.45, 2.75) is 18.2 Å². The Hall–Kier alpha value is -3.29. The molecule has 3 rings (SSSR count). The minimum atomic E-state index is -5.43. The molecule has 1 fully saturated rings. The van der Waals surface area contributed by atoms with Crippen LogP contribution in [0.3, 0.4) is 0 Å². The van der Waals surface area contributed by atoms with E-state index >= 15 is 0 Å². The first-order valence-electron chi connectivity index (χ1n) is 7.79. The lowest BCUT2D eigenvalue weighted by atomic mass is 10.1. The predicted octanol–water partition coefficient (Wildman–Crippen LogP) is 3.39. The molecule has 7 nitrogen and oxygen atoms in total. The predicted molar refractivity (Wildman–Crippen MR) is 89.7 cm³/mol. The second-order valence-electron chi connectivity index (χ2n) is 5.79. The molecule has 2 heterocycles. The maximum atomic E-state index is 13.8. The fourth-order valence-corrected chi connectivity index (χ4v) is 3.17. The van der Waals surface area contributed by atoms with Gasteiger partial charge in [-0.2, -0.15) is 13.2 Å². The van der Waals surface area contributed by atoms with Gasteiger partial charge in [0.2, 0.25) is 0 Å². The van der Waals surface area contributed by atoms with Gasteiger partial charge in [0.1, 0.15) is 5.75 Å². The van der Waals surface area contributed by atoms with Crippen LogP contribution < -0.4 is 20.3 Å². The van der Waals surface area contributed by atoms with Crippen LogP contribution in [0.5, 0.6) is 5.75 Å². The summed E-state index contributed by atoms with van der Waals surface area (Å²) in [6, 6.07) is 4.06. The van der Waals surface area contributed by atoms with Crippen LogP contribution in [0.4, 0.5) is 36.8 Å². The molecule has 0 spiro atoms. The van der Waals surface area contributed by atoms with Crippen molar-refractivity contribution >= 4 is 34.9 Å². The standard InChI is InChI=1S/C16H9F6N3O4S/c17-15(18,19)14(23-11(26)10-2-1-7-30-10)12(27)25(13(28)24-14)8-3-5-9(6-4-8)29-16(20,21)22/h1-7H,(H,23,26)(H,24,28)/t14-/m0/s1. The van der Waals surface area contributed by atoms with Gasteiger partial charge in [-0.05, 0) is 35.7 Å². The van der Waals surface area contributed by atoms with Crippen molar-refractivity contribution in [1.29, 1.82) is 0 Å². The van der Waals surface area contributed by atoms with E-state index in [9.17, 15) is 40.7 Å². The zero-order chi connectivity index (χ0) is 22.3. The number of thiophene rings is 1. The van der Waals surface area contributed by atoms with Crippen LogP contribution in [0.2, 0.25) is 0 Å². The molecule has 1 aliphatic heterocycles. The van der Waals surface area contributed by atoms with E-state index in [2.05, 4.69) is 4.74 Å². The molecule has 1 atom stereocenters. The first-order chi connectivity index (χ1) is 13.8. The van der Waals surface area contributed by atoms with E-state index in [-0.39, 0.29) is 9.78 Å². The van der Waals surface area contributed by atoms with Gasteiger partial charge in [0.25, 0.3) is 17.5 Å². The molecular weight excluding hydrogens is 444 g/mol. The molecule has 0 aliphatic carbocycles. The summed E-state index contributed by atoms with van der Waals surface area (Å²) in [6.07, 6.45) is -10.4. The Labute approximate surface area is 167 Å². The summed E-state index contributed by atoms with van der Waals surface area (Å²) in [5, 5.41) is 4.35. The average Bonchev–Trinajstić information content (AvgIpc) is 3.22. The third kappa shape index (κ3) is 3.90. The largest absolute Gasteiger partial charge is 0.573 e. The minimum Gasteiger partial charge on any atom is -0.406 e. The highest BCUT2D eigenvalue weighted by atomic mass is 32.1. The number of carbonyl (C=O) groups is 3. The van der Waals surface area contributed by atoms with Crippen LogP contribution in [0.1, 0.15) is 9.67 Å². The number of carbonyl (C=O) groups excluding carboxylic acids is 3. The van der Waals surface area contributed by atoms with Crippen molar-refractivity contribution in [2.24, 2.45) is 0 Å². The summed E-state index contributed by atoms with van der Waals surface area (Å²) in [4.78, 5) is 36.8. The van der Waals surface area contributed by atoms with Crippen LogP contribution in [0.15, 0.2) is 41.8 Å². The van der Waals surface area contributed by atoms with Gasteiger partial charge < -0.3 is 10.1 Å². The maximum Gasteiger partial charge on any atom is 0.573 e. The Morgan fingerprint density at radius 2 is 1.70 bits per heavy atom. The topological polar surface area (TPSA) is 87.7 Å². The summed E-state index contributed by atoms with van der Waals surface area (Å²) in [7, 11) is 0. The molecule has 0 radical (unpaired) electrons. The molecule has 4 amide bonds. The summed E-state index contributed by atoms with van der Waals surface area (Å²) >= 11 is 0.806. The van der Waals surface area contributed by atoms with Crippen molar-refractivity contribution in [3.8, 4) is 5.75 Å². The van der Waals surface area contributed by atoms with Gasteiger partial charge in [0, 0.05) is 0 Å². The molecule has 2 N–H and O–H groups in total. The first-order valence-corrected chi connectivity index (χ1v) is 8.67. The second kappa shape index (κ2) is 7.19. The van der Waals surface area contributed by atoms with Crippen LogP contribution in [-0.4, -0.2) is 36.0 Å². The zero-order valence-electron chi connectivity index (χ0n) is 14.3. The normalized spacial score (nSPS) is 19.6. The quantitative estimate of drug-likeness (QED) is 0.549. The molecule has 1 saturated heterocycles. The van der Waals surface area contributed by atoms with Gasteiger partial charge in [0.05, 0.1) is 10.6 Å². The van der Waals surface area contributed by atoms with E-state index in [1.165, 1.54) is 28.1 Å². The van der Waals surface area contributed by atoms with Crippen molar-refractivity contribution in [3.63, 3.8) is 0 Å². The highest BCUT2D eigenvalue weighted by Gasteiger charge is 2.69. The molecule has 2 aromatic rings. The number of hydrogen-bond donors (Lipinski definition) is 2. The van der Waals surface area contributed by atoms with Gasteiger partial charge in [-0.15, -0.1) is 24.5 Å². The Morgan fingerprint density at radius 1 is 1.07 bits per heavy atom. The fourth-order valence-electron chi connectivity index (χ4n) is 2.55. The number of halogens is 6. The molecule has 0 saturated carbocycles. The third-order valence-electron chi connectivity index (χ3n) is 3.82. The lowest BCUT2D eigenvalue weighted by molar-refractivity contribution is -0.274. The fraction of sp³-hybridized carbons (Fsp3) is 0.188. The van der Waals surface area contributed by atoms with E-state index in [1.807, 2.05) is 0 Å². The Bertz CT molecular complexity index is 974. The molecular formula is C16H9F6N3O4S. The zero-order valence-corrected chi connectivity index (χ0v) is 15.1. The number of nitrogens with zero attached hydrogens (tertiary/aromatic N) is 1. The molecule has 1 aromatic heterocycles. The Kier molecular flexibility index (Phi) is 5.14. The average molecular weight is 453 g/mol. The van der Waals surface area contributed by atoms with E-state index in [0.717, 1.165) is 23.5 Å². The van der Waals surface area contributed by atoms with E-state index in [1.54, 1.807) is 0 Å². The summed E-state index contributed by atoms with van der Waals surface area (Å²) in [5.41, 5.74) is -4.23. The SMILES string of the molecule is O=C(N[C@]1(C(F)(F)F)NC(=O)N(c2ccc(OC(F)(F)F)cc2)C1=O)c1cccs1. The number of imide groups is 1. The van der Waals surface area contributed by atoms with E-state index in [4.69, 9.17) is 0 Å². The number of amides is 4. The molecule has 1 aliphatic rings. The number of nitrogens with one attached hydrogen (secondary N) is 2. The number of urea groups is 1. The molecule has 1 aromatic carbocycles. The summed E-state index contributed by atoms with van der Waals surface area (Å²) in [5.74, 6) is -3.85. The smallest absolute Gasteiger partial charge is 0.406 e. The molecule has 14 heteroatoms. The lowest BCUT2D eigenvalue weighted by Gasteiger charge is -2.29. The van der Waals surface area contributed by atoms with Gasteiger partial charge >= 0.3 is 18.6 Å². The number of alkyl halides is 6. The first kappa shape index (κ1) is 21.4. The maximum absolute atomic E-state index is 13.8. The third-order valence-corrected chi connectivity index (χ3v) is 4.69. The minimum absolute atomic E-state index is 0.0551. The van der Waals surface area contributed by atoms with Crippen molar-refractivity contribution in [2.75, 3.05) is 4.90 Å². The van der Waals surface area contributed by atoms with Crippen LogP contribution >= 0.6 is 11.3 Å². The van der Waals surface area contributed by atoms with E-state index in [0.29, 0.717) is 12.1 Å². The number of rotatable bonds is 4. The van der Waals surface area contributed by atoms with E-state index < -0.39 is 47.5 Å². The number of anilines is 1. The van der Waals surface area contributed by atoms with Gasteiger partial charge in [-0.3, -0.25) is 14.9 Å². The monoisotopic (exact) mass is 453 g/mol. The van der Waals surface area contributed by atoms with Crippen molar-refractivity contribution in [3.05, 3.63) is 46.7 Å². The highest BCUT2D eigenvalue weighted by Crippen LogP contribution is 2.36.